The van der Waals surface area contributed by atoms with Crippen LogP contribution in [0.5, 0.6) is 11.5 Å². The lowest BCUT2D eigenvalue weighted by molar-refractivity contribution is -0.125. The standard InChI is InChI=1S/C26H31FN2O4/c1-29-24(17-12-8-9-13-20(17)27)23(25(30)28-16-10-6-4-5-7-11-16)18-14-21(32-2)22(33-3)15-19(18)26(29)31/h8-9,12-16,23-24H,4-7,10-11H2,1-3H3,(H,28,30)/t23-,24-/m0/s1. The molecular weight excluding hydrogens is 423 g/mol. The molecule has 7 heteroatoms. The van der Waals surface area contributed by atoms with Crippen molar-refractivity contribution >= 4 is 11.8 Å². The van der Waals surface area contributed by atoms with E-state index in [1.54, 1.807) is 37.4 Å². The second-order valence-corrected chi connectivity index (χ2v) is 8.85. The third-order valence-electron chi connectivity index (χ3n) is 6.88. The molecule has 0 aromatic heterocycles. The highest BCUT2D eigenvalue weighted by molar-refractivity contribution is 6.02. The van der Waals surface area contributed by atoms with Gasteiger partial charge in [0, 0.05) is 24.2 Å². The van der Waals surface area contributed by atoms with Crippen LogP contribution in [0.4, 0.5) is 4.39 Å². The summed E-state index contributed by atoms with van der Waals surface area (Å²) in [5.41, 5.74) is 1.20. The number of hydrogen-bond donors (Lipinski definition) is 1. The van der Waals surface area contributed by atoms with E-state index in [1.807, 2.05) is 0 Å². The fourth-order valence-electron chi connectivity index (χ4n) is 5.15. The first-order valence-corrected chi connectivity index (χ1v) is 11.5. The summed E-state index contributed by atoms with van der Waals surface area (Å²) in [6.45, 7) is 0. The van der Waals surface area contributed by atoms with Crippen LogP contribution in [0.2, 0.25) is 0 Å². The lowest BCUT2D eigenvalue weighted by atomic mass is 9.78. The van der Waals surface area contributed by atoms with E-state index in [9.17, 15) is 14.0 Å². The number of nitrogens with one attached hydrogen (secondary N) is 1. The maximum Gasteiger partial charge on any atom is 0.254 e. The number of amides is 2. The molecule has 0 unspecified atom stereocenters. The Morgan fingerprint density at radius 2 is 1.64 bits per heavy atom. The fourth-order valence-corrected chi connectivity index (χ4v) is 5.15. The number of carbonyl (C=O) groups excluding carboxylic acids is 2. The Morgan fingerprint density at radius 3 is 2.27 bits per heavy atom. The minimum Gasteiger partial charge on any atom is -0.493 e. The molecule has 2 aromatic rings. The van der Waals surface area contributed by atoms with E-state index < -0.39 is 17.8 Å². The summed E-state index contributed by atoms with van der Waals surface area (Å²) in [5, 5.41) is 3.22. The molecule has 1 aliphatic carbocycles. The molecule has 2 amide bonds. The summed E-state index contributed by atoms with van der Waals surface area (Å²) < 4.78 is 25.8. The van der Waals surface area contributed by atoms with Gasteiger partial charge in [-0.15, -0.1) is 0 Å². The monoisotopic (exact) mass is 454 g/mol. The van der Waals surface area contributed by atoms with Crippen molar-refractivity contribution in [2.75, 3.05) is 21.3 Å². The maximum atomic E-state index is 14.9. The van der Waals surface area contributed by atoms with Crippen LogP contribution < -0.4 is 14.8 Å². The van der Waals surface area contributed by atoms with Crippen molar-refractivity contribution in [1.29, 1.82) is 0 Å². The number of rotatable bonds is 5. The van der Waals surface area contributed by atoms with Gasteiger partial charge in [-0.25, -0.2) is 4.39 Å². The summed E-state index contributed by atoms with van der Waals surface area (Å²) in [4.78, 5) is 28.6. The Bertz CT molecular complexity index is 1030. The number of nitrogens with zero attached hydrogens (tertiary/aromatic N) is 1. The molecule has 2 aromatic carbocycles. The molecule has 1 saturated carbocycles. The molecule has 1 aliphatic heterocycles. The van der Waals surface area contributed by atoms with Crippen molar-refractivity contribution in [3.63, 3.8) is 0 Å². The number of carbonyl (C=O) groups is 2. The summed E-state index contributed by atoms with van der Waals surface area (Å²) >= 11 is 0. The highest BCUT2D eigenvalue weighted by Gasteiger charge is 2.44. The van der Waals surface area contributed by atoms with Gasteiger partial charge in [-0.1, -0.05) is 43.9 Å². The fraction of sp³-hybridized carbons (Fsp3) is 0.462. The van der Waals surface area contributed by atoms with E-state index in [4.69, 9.17) is 9.47 Å². The van der Waals surface area contributed by atoms with Crippen LogP contribution in [0, 0.1) is 5.82 Å². The summed E-state index contributed by atoms with van der Waals surface area (Å²) in [5.74, 6) is -0.903. The number of fused-ring (bicyclic) bond motifs is 1. The van der Waals surface area contributed by atoms with E-state index in [0.717, 1.165) is 25.7 Å². The largest absolute Gasteiger partial charge is 0.493 e. The van der Waals surface area contributed by atoms with Crippen molar-refractivity contribution < 1.29 is 23.5 Å². The van der Waals surface area contributed by atoms with E-state index in [0.29, 0.717) is 28.2 Å². The summed E-state index contributed by atoms with van der Waals surface area (Å²) in [6, 6.07) is 8.91. The number of halogens is 1. The first kappa shape index (κ1) is 23.1. The van der Waals surface area contributed by atoms with Crippen molar-refractivity contribution in [2.45, 2.75) is 56.5 Å². The lowest BCUT2D eigenvalue weighted by Crippen LogP contribution is -2.47. The van der Waals surface area contributed by atoms with Crippen LogP contribution >= 0.6 is 0 Å². The predicted molar refractivity (Wildman–Crippen MR) is 123 cm³/mol. The van der Waals surface area contributed by atoms with Gasteiger partial charge in [-0.05, 0) is 36.6 Å². The highest BCUT2D eigenvalue weighted by atomic mass is 19.1. The van der Waals surface area contributed by atoms with Gasteiger partial charge in [0.05, 0.1) is 26.2 Å². The van der Waals surface area contributed by atoms with Crippen LogP contribution in [-0.4, -0.2) is 44.0 Å². The van der Waals surface area contributed by atoms with Crippen molar-refractivity contribution in [2.24, 2.45) is 0 Å². The van der Waals surface area contributed by atoms with Crippen LogP contribution in [0.1, 0.15) is 72.0 Å². The third-order valence-corrected chi connectivity index (χ3v) is 6.88. The molecule has 0 radical (unpaired) electrons. The zero-order valence-electron chi connectivity index (χ0n) is 19.4. The van der Waals surface area contributed by atoms with Crippen molar-refractivity contribution in [3.8, 4) is 11.5 Å². The maximum absolute atomic E-state index is 14.9. The van der Waals surface area contributed by atoms with Gasteiger partial charge in [-0.3, -0.25) is 9.59 Å². The molecule has 0 saturated heterocycles. The molecule has 0 spiro atoms. The predicted octanol–water partition coefficient (Wildman–Crippen LogP) is 4.59. The first-order chi connectivity index (χ1) is 16.0. The Labute approximate surface area is 194 Å². The third kappa shape index (κ3) is 4.41. The highest BCUT2D eigenvalue weighted by Crippen LogP contribution is 2.46. The molecule has 176 valence electrons. The van der Waals surface area contributed by atoms with Crippen molar-refractivity contribution in [3.05, 3.63) is 58.9 Å². The molecular formula is C26H31FN2O4. The number of likely N-dealkylation sites (N-methyl/N-ethyl adjacent to an activating group) is 1. The Kier molecular flexibility index (Phi) is 6.86. The first-order valence-electron chi connectivity index (χ1n) is 11.5. The minimum atomic E-state index is -0.789. The molecule has 4 rings (SSSR count). The smallest absolute Gasteiger partial charge is 0.254 e. The van der Waals surface area contributed by atoms with Gasteiger partial charge in [0.2, 0.25) is 5.91 Å². The normalized spacial score (nSPS) is 21.2. The van der Waals surface area contributed by atoms with Crippen LogP contribution in [0.25, 0.3) is 0 Å². The van der Waals surface area contributed by atoms with E-state index in [1.165, 1.54) is 38.0 Å². The average molecular weight is 455 g/mol. The molecule has 1 N–H and O–H groups in total. The number of ether oxygens (including phenoxy) is 2. The second-order valence-electron chi connectivity index (χ2n) is 8.85. The van der Waals surface area contributed by atoms with E-state index in [2.05, 4.69) is 5.32 Å². The van der Waals surface area contributed by atoms with Gasteiger partial charge >= 0.3 is 0 Å². The van der Waals surface area contributed by atoms with Gasteiger partial charge in [0.15, 0.2) is 11.5 Å². The molecule has 33 heavy (non-hydrogen) atoms. The van der Waals surface area contributed by atoms with Crippen LogP contribution in [-0.2, 0) is 4.79 Å². The Hall–Kier alpha value is -3.09. The van der Waals surface area contributed by atoms with Crippen LogP contribution in [0.3, 0.4) is 0 Å². The Morgan fingerprint density at radius 1 is 1.00 bits per heavy atom. The van der Waals surface area contributed by atoms with Crippen molar-refractivity contribution in [1.82, 2.24) is 10.2 Å². The zero-order chi connectivity index (χ0) is 23.5. The number of methoxy groups -OCH3 is 2. The van der Waals surface area contributed by atoms with E-state index in [-0.39, 0.29) is 17.9 Å². The molecule has 6 nitrogen and oxygen atoms in total. The lowest BCUT2D eigenvalue weighted by Gasteiger charge is -2.40. The van der Waals surface area contributed by atoms with Gasteiger partial charge in [0.1, 0.15) is 5.82 Å². The molecule has 2 atom stereocenters. The molecule has 2 aliphatic rings. The quantitative estimate of drug-likeness (QED) is 0.671. The summed E-state index contributed by atoms with van der Waals surface area (Å²) in [6.07, 6.45) is 6.35. The average Bonchev–Trinajstić information content (AvgIpc) is 3.09. The minimum absolute atomic E-state index is 0.0767. The summed E-state index contributed by atoms with van der Waals surface area (Å²) in [7, 11) is 4.63. The molecule has 1 fully saturated rings. The molecule has 1 heterocycles. The molecule has 0 bridgehead atoms. The number of hydrogen-bond acceptors (Lipinski definition) is 4. The van der Waals surface area contributed by atoms with E-state index >= 15 is 0 Å². The Balaban J connectivity index is 1.83. The topological polar surface area (TPSA) is 67.9 Å². The van der Waals surface area contributed by atoms with Gasteiger partial charge in [-0.2, -0.15) is 0 Å². The second kappa shape index (κ2) is 9.81. The van der Waals surface area contributed by atoms with Gasteiger partial charge < -0.3 is 19.7 Å². The van der Waals surface area contributed by atoms with Gasteiger partial charge in [0.25, 0.3) is 5.91 Å². The SMILES string of the molecule is COc1cc2c(cc1OC)[C@H](C(=O)NC1CCCCCC1)[C@H](c1ccccc1F)N(C)C2=O. The van der Waals surface area contributed by atoms with Crippen LogP contribution in [0.15, 0.2) is 36.4 Å². The number of benzene rings is 2. The zero-order valence-corrected chi connectivity index (χ0v) is 19.4.